The first-order valence-corrected chi connectivity index (χ1v) is 9.55. The predicted molar refractivity (Wildman–Crippen MR) is 88.9 cm³/mol. The van der Waals surface area contributed by atoms with E-state index in [-0.39, 0.29) is 4.34 Å². The second-order valence-electron chi connectivity index (χ2n) is 5.56. The second kappa shape index (κ2) is 7.18. The van der Waals surface area contributed by atoms with Gasteiger partial charge in [-0.25, -0.2) is 8.42 Å². The fraction of sp³-hybridized carbons (Fsp3) is 0.400. The van der Waals surface area contributed by atoms with Crippen LogP contribution in [0.4, 0.5) is 0 Å². The highest BCUT2D eigenvalue weighted by molar-refractivity contribution is 7.95. The third-order valence-electron chi connectivity index (χ3n) is 3.56. The van der Waals surface area contributed by atoms with Gasteiger partial charge in [-0.1, -0.05) is 41.7 Å². The van der Waals surface area contributed by atoms with Gasteiger partial charge in [0.2, 0.25) is 20.1 Å². The molecule has 0 saturated heterocycles. The summed E-state index contributed by atoms with van der Waals surface area (Å²) >= 11 is 0.910. The quantitative estimate of drug-likeness (QED) is 0.767. The number of sulfone groups is 1. The van der Waals surface area contributed by atoms with Crippen LogP contribution in [0.3, 0.4) is 0 Å². The average Bonchev–Trinajstić information content (AvgIpc) is 3.07. The van der Waals surface area contributed by atoms with Gasteiger partial charge in [0.25, 0.3) is 0 Å². The van der Waals surface area contributed by atoms with Crippen molar-refractivity contribution >= 4 is 27.1 Å². The molecule has 0 spiro atoms. The molecule has 0 atom stereocenters. The molecule has 6 nitrogen and oxygen atoms in total. The zero-order valence-corrected chi connectivity index (χ0v) is 14.7. The molecule has 0 fully saturated rings. The second-order valence-corrected chi connectivity index (χ2v) is 9.07. The molecule has 0 bridgehead atoms. The van der Waals surface area contributed by atoms with Gasteiger partial charge in [0, 0.05) is 6.54 Å². The molecule has 8 heteroatoms. The van der Waals surface area contributed by atoms with Crippen LogP contribution in [0.5, 0.6) is 0 Å². The number of hydrogen-bond donors (Lipinski definition) is 1. The number of nitrogens with one attached hydrogen (secondary N) is 1. The normalized spacial score (nSPS) is 12.1. The summed E-state index contributed by atoms with van der Waals surface area (Å²) in [6.07, 6.45) is 1.56. The van der Waals surface area contributed by atoms with Crippen LogP contribution in [0.25, 0.3) is 0 Å². The minimum absolute atomic E-state index is 0.137. The average molecular weight is 353 g/mol. The Labute approximate surface area is 139 Å². The van der Waals surface area contributed by atoms with E-state index in [0.717, 1.165) is 24.2 Å². The molecule has 1 aromatic carbocycles. The van der Waals surface area contributed by atoms with E-state index in [2.05, 4.69) is 15.5 Å². The summed E-state index contributed by atoms with van der Waals surface area (Å²) in [5, 5.41) is 9.80. The molecule has 1 heterocycles. The summed E-state index contributed by atoms with van der Waals surface area (Å²) in [5.74, 6) is -0.527. The summed E-state index contributed by atoms with van der Waals surface area (Å²) < 4.78 is 23.2. The lowest BCUT2D eigenvalue weighted by molar-refractivity contribution is -0.122. The highest BCUT2D eigenvalue weighted by Crippen LogP contribution is 2.26. The third-order valence-corrected chi connectivity index (χ3v) is 7.06. The highest BCUT2D eigenvalue weighted by Gasteiger charge is 2.44. The van der Waals surface area contributed by atoms with Crippen molar-refractivity contribution in [3.63, 3.8) is 0 Å². The third kappa shape index (κ3) is 3.94. The monoisotopic (exact) mass is 353 g/mol. The van der Waals surface area contributed by atoms with Crippen LogP contribution in [0.2, 0.25) is 0 Å². The molecule has 1 amide bonds. The molecule has 0 aliphatic carbocycles. The molecule has 0 aliphatic rings. The number of nitrogens with zero attached hydrogens (tertiary/aromatic N) is 2. The zero-order chi connectivity index (χ0) is 16.9. The Bertz CT molecular complexity index is 742. The largest absolute Gasteiger partial charge is 0.355 e. The van der Waals surface area contributed by atoms with Crippen molar-refractivity contribution < 1.29 is 13.2 Å². The van der Waals surface area contributed by atoms with Crippen molar-refractivity contribution in [2.75, 3.05) is 6.54 Å². The minimum Gasteiger partial charge on any atom is -0.355 e. The first kappa shape index (κ1) is 17.6. The molecular formula is C15H19N3O3S2. The molecule has 2 aromatic rings. The van der Waals surface area contributed by atoms with Crippen LogP contribution >= 0.6 is 11.3 Å². The molecule has 1 aromatic heterocycles. The number of amides is 1. The molecule has 0 saturated carbocycles. The maximum Gasteiger partial charge on any atom is 0.241 e. The number of carbonyl (C=O) groups excluding carboxylic acids is 1. The van der Waals surface area contributed by atoms with Gasteiger partial charge in [-0.3, -0.25) is 4.79 Å². The number of benzene rings is 1. The number of aryl methyl sites for hydroxylation is 1. The van der Waals surface area contributed by atoms with Crippen molar-refractivity contribution in [1.82, 2.24) is 15.5 Å². The molecular weight excluding hydrogens is 334 g/mol. The van der Waals surface area contributed by atoms with Gasteiger partial charge in [-0.2, -0.15) is 0 Å². The van der Waals surface area contributed by atoms with Gasteiger partial charge in [0.1, 0.15) is 5.51 Å². The van der Waals surface area contributed by atoms with Gasteiger partial charge >= 0.3 is 0 Å². The molecule has 2 rings (SSSR count). The molecule has 1 N–H and O–H groups in total. The number of aromatic nitrogens is 2. The summed E-state index contributed by atoms with van der Waals surface area (Å²) in [4.78, 5) is 12.3. The molecule has 0 aliphatic heterocycles. The van der Waals surface area contributed by atoms with Gasteiger partial charge in [0.05, 0.1) is 0 Å². The Balaban J connectivity index is 1.92. The van der Waals surface area contributed by atoms with Crippen molar-refractivity contribution in [3.05, 3.63) is 41.4 Å². The molecule has 124 valence electrons. The Morgan fingerprint density at radius 3 is 2.57 bits per heavy atom. The zero-order valence-electron chi connectivity index (χ0n) is 13.0. The van der Waals surface area contributed by atoms with Gasteiger partial charge < -0.3 is 5.32 Å². The van der Waals surface area contributed by atoms with Crippen LogP contribution in [-0.4, -0.2) is 35.8 Å². The van der Waals surface area contributed by atoms with E-state index in [0.29, 0.717) is 6.54 Å². The smallest absolute Gasteiger partial charge is 0.241 e. The Morgan fingerprint density at radius 2 is 1.96 bits per heavy atom. The topological polar surface area (TPSA) is 89.0 Å². The lowest BCUT2D eigenvalue weighted by Crippen LogP contribution is -2.48. The lowest BCUT2D eigenvalue weighted by atomic mass is 10.1. The van der Waals surface area contributed by atoms with E-state index in [1.165, 1.54) is 24.9 Å². The number of rotatable bonds is 7. The minimum atomic E-state index is -3.85. The van der Waals surface area contributed by atoms with Crippen LogP contribution in [0, 0.1) is 0 Å². The molecule has 23 heavy (non-hydrogen) atoms. The summed E-state index contributed by atoms with van der Waals surface area (Å²) in [7, 11) is -3.85. The van der Waals surface area contributed by atoms with Gasteiger partial charge in [0.15, 0.2) is 4.75 Å². The van der Waals surface area contributed by atoms with Gasteiger partial charge in [-0.15, -0.1) is 10.2 Å². The van der Waals surface area contributed by atoms with Crippen molar-refractivity contribution in [3.8, 4) is 0 Å². The first-order valence-electron chi connectivity index (χ1n) is 7.19. The molecule has 0 unspecified atom stereocenters. The van der Waals surface area contributed by atoms with E-state index in [1.54, 1.807) is 0 Å². The summed E-state index contributed by atoms with van der Waals surface area (Å²) in [6, 6.07) is 9.92. The summed E-state index contributed by atoms with van der Waals surface area (Å²) in [5.41, 5.74) is 2.52. The van der Waals surface area contributed by atoms with Gasteiger partial charge in [-0.05, 0) is 32.3 Å². The Kier molecular flexibility index (Phi) is 5.48. The Morgan fingerprint density at radius 1 is 1.26 bits per heavy atom. The maximum absolute atomic E-state index is 12.5. The Hall–Kier alpha value is -1.80. The van der Waals surface area contributed by atoms with E-state index in [4.69, 9.17) is 0 Å². The fourth-order valence-corrected chi connectivity index (χ4v) is 4.42. The van der Waals surface area contributed by atoms with Crippen LogP contribution in [0.15, 0.2) is 40.2 Å². The van der Waals surface area contributed by atoms with E-state index < -0.39 is 20.5 Å². The van der Waals surface area contributed by atoms with Crippen molar-refractivity contribution in [2.45, 2.75) is 35.8 Å². The van der Waals surface area contributed by atoms with Crippen LogP contribution < -0.4 is 5.32 Å². The lowest BCUT2D eigenvalue weighted by Gasteiger charge is -2.22. The van der Waals surface area contributed by atoms with Crippen LogP contribution in [-0.2, 0) is 21.1 Å². The predicted octanol–water partition coefficient (Wildman–Crippen LogP) is 1.84. The summed E-state index contributed by atoms with van der Waals surface area (Å²) in [6.45, 7) is 3.19. The standard InChI is InChI=1S/C15H19N3O3S2/c1-15(2,23(20,21)14-18-17-11-22-14)13(19)16-10-6-9-12-7-4-3-5-8-12/h3-5,7-8,11H,6,9-10H2,1-2H3,(H,16,19). The van der Waals surface area contributed by atoms with E-state index in [9.17, 15) is 13.2 Å². The van der Waals surface area contributed by atoms with Crippen molar-refractivity contribution in [2.24, 2.45) is 0 Å². The number of hydrogen-bond acceptors (Lipinski definition) is 6. The number of carbonyl (C=O) groups is 1. The highest BCUT2D eigenvalue weighted by atomic mass is 32.2. The van der Waals surface area contributed by atoms with E-state index >= 15 is 0 Å². The van der Waals surface area contributed by atoms with Crippen molar-refractivity contribution in [1.29, 1.82) is 0 Å². The maximum atomic E-state index is 12.5. The molecule has 0 radical (unpaired) electrons. The SMILES string of the molecule is CC(C)(C(=O)NCCCc1ccccc1)S(=O)(=O)c1nncs1. The van der Waals surface area contributed by atoms with E-state index in [1.807, 2.05) is 30.3 Å². The fourth-order valence-electron chi connectivity index (χ4n) is 1.97. The van der Waals surface area contributed by atoms with Crippen LogP contribution in [0.1, 0.15) is 25.8 Å². The first-order chi connectivity index (χ1) is 10.9.